The third-order valence-electron chi connectivity index (χ3n) is 4.95. The smallest absolute Gasteiger partial charge is 0.309 e. The van der Waals surface area contributed by atoms with Crippen molar-refractivity contribution in [1.29, 1.82) is 0 Å². The topological polar surface area (TPSA) is 74.7 Å². The highest BCUT2D eigenvalue weighted by Gasteiger charge is 2.21. The molecule has 1 aliphatic rings. The van der Waals surface area contributed by atoms with Gasteiger partial charge in [-0.15, -0.1) is 0 Å². The Kier molecular flexibility index (Phi) is 5.38. The fourth-order valence-electron chi connectivity index (χ4n) is 3.44. The second kappa shape index (κ2) is 7.92. The van der Waals surface area contributed by atoms with Gasteiger partial charge in [0.2, 0.25) is 5.88 Å². The summed E-state index contributed by atoms with van der Waals surface area (Å²) in [5.41, 5.74) is 0.753. The molecule has 2 aromatic heterocycles. The Morgan fingerprint density at radius 3 is 2.70 bits per heavy atom. The van der Waals surface area contributed by atoms with Gasteiger partial charge in [0.25, 0.3) is 0 Å². The summed E-state index contributed by atoms with van der Waals surface area (Å²) in [7, 11) is 0. The summed E-state index contributed by atoms with van der Waals surface area (Å²) >= 11 is 7.14. The quantitative estimate of drug-likeness (QED) is 0.632. The molecule has 7 nitrogen and oxygen atoms in total. The van der Waals surface area contributed by atoms with Crippen LogP contribution in [0.15, 0.2) is 32.9 Å². The molecular formula is C18H21ClN4O3S. The van der Waals surface area contributed by atoms with E-state index in [4.69, 9.17) is 16.1 Å². The summed E-state index contributed by atoms with van der Waals surface area (Å²) in [5.74, 6) is 0.929. The minimum atomic E-state index is -0.0962. The van der Waals surface area contributed by atoms with E-state index < -0.39 is 0 Å². The number of fused-ring (bicyclic) bond motifs is 1. The van der Waals surface area contributed by atoms with Gasteiger partial charge in [0.1, 0.15) is 0 Å². The van der Waals surface area contributed by atoms with E-state index in [9.17, 15) is 9.90 Å². The first-order valence-corrected chi connectivity index (χ1v) is 10.3. The SMILES string of the molecule is O=c1scc(O)n1CCCCN1CCN(c2noc3ccc(Cl)cc23)CC1. The Labute approximate surface area is 165 Å². The number of aromatic hydroxyl groups is 1. The van der Waals surface area contributed by atoms with Gasteiger partial charge in [-0.25, -0.2) is 0 Å². The van der Waals surface area contributed by atoms with E-state index in [2.05, 4.69) is 15.0 Å². The Morgan fingerprint density at radius 2 is 1.96 bits per heavy atom. The van der Waals surface area contributed by atoms with Gasteiger partial charge in [-0.2, -0.15) is 0 Å². The van der Waals surface area contributed by atoms with Gasteiger partial charge in [0.05, 0.1) is 10.8 Å². The Balaban J connectivity index is 1.26. The molecule has 3 heterocycles. The van der Waals surface area contributed by atoms with Crippen molar-refractivity contribution in [3.63, 3.8) is 0 Å². The number of benzene rings is 1. The Morgan fingerprint density at radius 1 is 1.19 bits per heavy atom. The molecule has 0 bridgehead atoms. The van der Waals surface area contributed by atoms with Gasteiger partial charge < -0.3 is 14.5 Å². The maximum atomic E-state index is 11.6. The molecule has 0 radical (unpaired) electrons. The number of piperazine rings is 1. The van der Waals surface area contributed by atoms with Crippen molar-refractivity contribution < 1.29 is 9.63 Å². The van der Waals surface area contributed by atoms with Gasteiger partial charge in [0.15, 0.2) is 11.4 Å². The lowest BCUT2D eigenvalue weighted by Crippen LogP contribution is -2.46. The lowest BCUT2D eigenvalue weighted by atomic mass is 10.2. The number of hydrogen-bond acceptors (Lipinski definition) is 7. The van der Waals surface area contributed by atoms with Crippen LogP contribution >= 0.6 is 22.9 Å². The van der Waals surface area contributed by atoms with Gasteiger partial charge in [-0.1, -0.05) is 28.1 Å². The molecule has 0 saturated carbocycles. The summed E-state index contributed by atoms with van der Waals surface area (Å²) in [6.45, 7) is 5.24. The number of hydrogen-bond donors (Lipinski definition) is 1. The van der Waals surface area contributed by atoms with Gasteiger partial charge in [-0.3, -0.25) is 14.3 Å². The van der Waals surface area contributed by atoms with E-state index in [0.29, 0.717) is 11.6 Å². The summed E-state index contributed by atoms with van der Waals surface area (Å²) in [5, 5.41) is 17.0. The lowest BCUT2D eigenvalue weighted by Gasteiger charge is -2.34. The minimum absolute atomic E-state index is 0.0681. The monoisotopic (exact) mass is 408 g/mol. The molecule has 144 valence electrons. The highest BCUT2D eigenvalue weighted by molar-refractivity contribution is 7.07. The second-order valence-corrected chi connectivity index (χ2v) is 7.95. The largest absolute Gasteiger partial charge is 0.494 e. The van der Waals surface area contributed by atoms with E-state index in [1.54, 1.807) is 6.07 Å². The number of aromatic nitrogens is 2. The van der Waals surface area contributed by atoms with Crippen LogP contribution in [-0.2, 0) is 6.54 Å². The van der Waals surface area contributed by atoms with Gasteiger partial charge in [-0.05, 0) is 37.6 Å². The normalized spacial score (nSPS) is 15.7. The first-order chi connectivity index (χ1) is 13.1. The Hall–Kier alpha value is -2.03. The third kappa shape index (κ3) is 3.97. The van der Waals surface area contributed by atoms with E-state index in [-0.39, 0.29) is 10.8 Å². The highest BCUT2D eigenvalue weighted by atomic mass is 35.5. The molecule has 4 rings (SSSR count). The summed E-state index contributed by atoms with van der Waals surface area (Å²) in [6, 6.07) is 5.55. The third-order valence-corrected chi connectivity index (χ3v) is 5.94. The standard InChI is InChI=1S/C18H21ClN4O3S/c19-13-3-4-15-14(11-13)17(20-26-15)22-9-7-21(8-10-22)5-1-2-6-23-16(24)12-27-18(23)25/h3-4,11-12,24H,1-2,5-10H2. The van der Waals surface area contributed by atoms with Crippen molar-refractivity contribution in [2.45, 2.75) is 19.4 Å². The van der Waals surface area contributed by atoms with Crippen LogP contribution in [0.25, 0.3) is 11.0 Å². The minimum Gasteiger partial charge on any atom is -0.494 e. The molecule has 3 aromatic rings. The van der Waals surface area contributed by atoms with Crippen LogP contribution in [-0.4, -0.2) is 52.5 Å². The molecular weight excluding hydrogens is 388 g/mol. The van der Waals surface area contributed by atoms with Crippen LogP contribution in [0.5, 0.6) is 5.88 Å². The first kappa shape index (κ1) is 18.3. The molecule has 0 unspecified atom stereocenters. The first-order valence-electron chi connectivity index (χ1n) is 9.01. The molecule has 0 amide bonds. The number of rotatable bonds is 6. The number of anilines is 1. The average Bonchev–Trinajstić information content (AvgIpc) is 3.23. The predicted molar refractivity (Wildman–Crippen MR) is 107 cm³/mol. The van der Waals surface area contributed by atoms with E-state index in [1.165, 1.54) is 9.95 Å². The zero-order chi connectivity index (χ0) is 18.8. The second-order valence-electron chi connectivity index (χ2n) is 6.69. The van der Waals surface area contributed by atoms with E-state index in [0.717, 1.165) is 73.7 Å². The molecule has 1 N–H and O–H groups in total. The lowest BCUT2D eigenvalue weighted by molar-refractivity contribution is 0.249. The van der Waals surface area contributed by atoms with Crippen molar-refractivity contribution in [3.8, 4) is 5.88 Å². The molecule has 0 spiro atoms. The average molecular weight is 409 g/mol. The Bertz CT molecular complexity index is 975. The molecule has 9 heteroatoms. The fourth-order valence-corrected chi connectivity index (χ4v) is 4.26. The van der Waals surface area contributed by atoms with Crippen LogP contribution in [0.3, 0.4) is 0 Å². The maximum Gasteiger partial charge on any atom is 0.309 e. The number of halogens is 1. The summed E-state index contributed by atoms with van der Waals surface area (Å²) in [6.07, 6.45) is 1.86. The predicted octanol–water partition coefficient (Wildman–Crippen LogP) is 3.01. The van der Waals surface area contributed by atoms with Gasteiger partial charge >= 0.3 is 4.87 Å². The molecule has 0 atom stereocenters. The van der Waals surface area contributed by atoms with Crippen molar-refractivity contribution in [1.82, 2.24) is 14.6 Å². The molecule has 0 aliphatic carbocycles. The van der Waals surface area contributed by atoms with Crippen LogP contribution in [0.1, 0.15) is 12.8 Å². The number of nitrogens with zero attached hydrogens (tertiary/aromatic N) is 4. The summed E-state index contributed by atoms with van der Waals surface area (Å²) in [4.78, 5) is 16.1. The van der Waals surface area contributed by atoms with Crippen molar-refractivity contribution >= 4 is 39.7 Å². The fraction of sp³-hybridized carbons (Fsp3) is 0.444. The maximum absolute atomic E-state index is 11.6. The molecule has 1 aliphatic heterocycles. The zero-order valence-corrected chi connectivity index (χ0v) is 16.4. The van der Waals surface area contributed by atoms with Crippen LogP contribution in [0, 0.1) is 0 Å². The van der Waals surface area contributed by atoms with E-state index >= 15 is 0 Å². The van der Waals surface area contributed by atoms with Crippen molar-refractivity contribution in [2.24, 2.45) is 0 Å². The van der Waals surface area contributed by atoms with E-state index in [1.807, 2.05) is 12.1 Å². The number of thiazole rings is 1. The molecule has 1 aromatic carbocycles. The van der Waals surface area contributed by atoms with Crippen LogP contribution < -0.4 is 9.77 Å². The molecule has 27 heavy (non-hydrogen) atoms. The molecule has 1 fully saturated rings. The van der Waals surface area contributed by atoms with Crippen LogP contribution in [0.4, 0.5) is 5.82 Å². The van der Waals surface area contributed by atoms with Crippen LogP contribution in [0.2, 0.25) is 5.02 Å². The number of unbranched alkanes of at least 4 members (excludes halogenated alkanes) is 1. The van der Waals surface area contributed by atoms with Crippen molar-refractivity contribution in [2.75, 3.05) is 37.6 Å². The highest BCUT2D eigenvalue weighted by Crippen LogP contribution is 2.29. The summed E-state index contributed by atoms with van der Waals surface area (Å²) < 4.78 is 6.84. The van der Waals surface area contributed by atoms with Crippen molar-refractivity contribution in [3.05, 3.63) is 38.3 Å². The van der Waals surface area contributed by atoms with Gasteiger partial charge in [0, 0.05) is 37.7 Å². The zero-order valence-electron chi connectivity index (χ0n) is 14.8. The molecule has 1 saturated heterocycles.